The average Bonchev–Trinajstić information content (AvgIpc) is 3.33. The molecule has 5 rings (SSSR count). The van der Waals surface area contributed by atoms with E-state index in [0.717, 1.165) is 0 Å². The standard InChI is InChI=1S/C28H21N5O3/c1-18-17-32-25(24(16-30-32)27(35)31-22-9-5-6-19(14-22)15-29)28(36)33(18)23-12-10-21(11-13-23)26(34)20-7-3-2-4-8-20/h2-14,16,18H,17H2,1H3,(H,31,35)/t18-/m0/s1. The molecule has 1 aliphatic heterocycles. The van der Waals surface area contributed by atoms with Crippen LogP contribution in [0, 0.1) is 11.3 Å². The Labute approximate surface area is 207 Å². The van der Waals surface area contributed by atoms with E-state index < -0.39 is 5.91 Å². The largest absolute Gasteiger partial charge is 0.322 e. The molecule has 36 heavy (non-hydrogen) atoms. The summed E-state index contributed by atoms with van der Waals surface area (Å²) in [5.74, 6) is -0.944. The molecule has 1 atom stereocenters. The van der Waals surface area contributed by atoms with Crippen LogP contribution in [0.2, 0.25) is 0 Å². The lowest BCUT2D eigenvalue weighted by molar-refractivity contribution is 0.0933. The number of hydrogen-bond acceptors (Lipinski definition) is 5. The van der Waals surface area contributed by atoms with Crippen LogP contribution in [0.5, 0.6) is 0 Å². The molecule has 176 valence electrons. The highest BCUT2D eigenvalue weighted by atomic mass is 16.2. The molecule has 4 aromatic rings. The summed E-state index contributed by atoms with van der Waals surface area (Å²) in [6, 6.07) is 24.2. The van der Waals surface area contributed by atoms with E-state index >= 15 is 0 Å². The number of nitriles is 1. The highest BCUT2D eigenvalue weighted by Crippen LogP contribution is 2.28. The van der Waals surface area contributed by atoms with Crippen molar-refractivity contribution in [2.24, 2.45) is 0 Å². The van der Waals surface area contributed by atoms with Crippen LogP contribution in [0.3, 0.4) is 0 Å². The lowest BCUT2D eigenvalue weighted by Crippen LogP contribution is -2.47. The fourth-order valence-corrected chi connectivity index (χ4v) is 4.33. The van der Waals surface area contributed by atoms with E-state index in [1.54, 1.807) is 65.6 Å². The van der Waals surface area contributed by atoms with Gasteiger partial charge in [0.05, 0.1) is 36.0 Å². The maximum atomic E-state index is 13.6. The number of carbonyl (C=O) groups is 3. The lowest BCUT2D eigenvalue weighted by atomic mass is 10.0. The van der Waals surface area contributed by atoms with Crippen molar-refractivity contribution in [3.63, 3.8) is 0 Å². The number of anilines is 2. The normalized spacial score (nSPS) is 14.6. The van der Waals surface area contributed by atoms with Gasteiger partial charge in [-0.3, -0.25) is 19.1 Å². The number of carbonyl (C=O) groups excluding carboxylic acids is 3. The molecule has 0 bridgehead atoms. The molecule has 0 unspecified atom stereocenters. The quantitative estimate of drug-likeness (QED) is 0.433. The van der Waals surface area contributed by atoms with Crippen molar-refractivity contribution in [3.8, 4) is 6.07 Å². The highest BCUT2D eigenvalue weighted by Gasteiger charge is 2.35. The van der Waals surface area contributed by atoms with Gasteiger partial charge in [0.25, 0.3) is 11.8 Å². The van der Waals surface area contributed by atoms with Gasteiger partial charge in [0.1, 0.15) is 5.69 Å². The average molecular weight is 476 g/mol. The molecule has 1 N–H and O–H groups in total. The predicted molar refractivity (Wildman–Crippen MR) is 134 cm³/mol. The SMILES string of the molecule is C[C@H]1Cn2ncc(C(=O)Nc3cccc(C#N)c3)c2C(=O)N1c1ccc(C(=O)c2ccccc2)cc1. The third-order valence-corrected chi connectivity index (χ3v) is 6.08. The first-order valence-corrected chi connectivity index (χ1v) is 11.4. The van der Waals surface area contributed by atoms with Gasteiger partial charge in [0.2, 0.25) is 0 Å². The molecule has 3 aromatic carbocycles. The van der Waals surface area contributed by atoms with Gasteiger partial charge in [0.15, 0.2) is 5.78 Å². The first kappa shape index (κ1) is 22.7. The van der Waals surface area contributed by atoms with Crippen molar-refractivity contribution in [1.82, 2.24) is 9.78 Å². The van der Waals surface area contributed by atoms with Crippen LogP contribution in [-0.4, -0.2) is 33.4 Å². The van der Waals surface area contributed by atoms with E-state index in [4.69, 9.17) is 5.26 Å². The molecule has 1 aliphatic rings. The number of aromatic nitrogens is 2. The Morgan fingerprint density at radius 3 is 2.44 bits per heavy atom. The zero-order valence-electron chi connectivity index (χ0n) is 19.4. The predicted octanol–water partition coefficient (Wildman–Crippen LogP) is 4.29. The van der Waals surface area contributed by atoms with Crippen LogP contribution >= 0.6 is 0 Å². The molecule has 0 spiro atoms. The minimum atomic E-state index is -0.488. The van der Waals surface area contributed by atoms with Gasteiger partial charge in [-0.15, -0.1) is 0 Å². The second kappa shape index (κ2) is 9.31. The molecule has 0 aliphatic carbocycles. The summed E-state index contributed by atoms with van der Waals surface area (Å²) in [7, 11) is 0. The molecular formula is C28H21N5O3. The van der Waals surface area contributed by atoms with Crippen LogP contribution in [0.25, 0.3) is 0 Å². The van der Waals surface area contributed by atoms with Gasteiger partial charge in [-0.1, -0.05) is 36.4 Å². The van der Waals surface area contributed by atoms with Gasteiger partial charge >= 0.3 is 0 Å². The monoisotopic (exact) mass is 475 g/mol. The number of fused-ring (bicyclic) bond motifs is 1. The van der Waals surface area contributed by atoms with Crippen LogP contribution in [-0.2, 0) is 6.54 Å². The Kier molecular flexibility index (Phi) is 5.88. The molecule has 2 amide bonds. The van der Waals surface area contributed by atoms with Gasteiger partial charge in [-0.2, -0.15) is 10.4 Å². The molecule has 0 saturated carbocycles. The van der Waals surface area contributed by atoms with Gasteiger partial charge < -0.3 is 10.2 Å². The second-order valence-corrected chi connectivity index (χ2v) is 8.50. The van der Waals surface area contributed by atoms with Gasteiger partial charge in [-0.05, 0) is 49.4 Å². The third-order valence-electron chi connectivity index (χ3n) is 6.08. The maximum Gasteiger partial charge on any atom is 0.277 e. The first-order valence-electron chi connectivity index (χ1n) is 11.4. The minimum absolute atomic E-state index is 0.0994. The topological polar surface area (TPSA) is 108 Å². The fraction of sp³-hybridized carbons (Fsp3) is 0.107. The van der Waals surface area contributed by atoms with Crippen LogP contribution in [0.1, 0.15) is 49.3 Å². The Morgan fingerprint density at radius 2 is 1.72 bits per heavy atom. The Bertz CT molecular complexity index is 1520. The van der Waals surface area contributed by atoms with Crippen LogP contribution in [0.15, 0.2) is 85.1 Å². The molecule has 2 heterocycles. The highest BCUT2D eigenvalue weighted by molar-refractivity contribution is 6.16. The summed E-state index contributed by atoms with van der Waals surface area (Å²) in [6.07, 6.45) is 1.38. The third kappa shape index (κ3) is 4.14. The van der Waals surface area contributed by atoms with E-state index in [0.29, 0.717) is 34.6 Å². The van der Waals surface area contributed by atoms with Crippen molar-refractivity contribution in [1.29, 1.82) is 5.26 Å². The molecule has 0 fully saturated rings. The zero-order chi connectivity index (χ0) is 25.2. The summed E-state index contributed by atoms with van der Waals surface area (Å²) in [5.41, 5.74) is 2.93. The summed E-state index contributed by atoms with van der Waals surface area (Å²) in [5, 5.41) is 16.1. The molecule has 8 heteroatoms. The molecule has 8 nitrogen and oxygen atoms in total. The Morgan fingerprint density at radius 1 is 1.00 bits per heavy atom. The van der Waals surface area contributed by atoms with Crippen LogP contribution in [0.4, 0.5) is 11.4 Å². The van der Waals surface area contributed by atoms with E-state index in [9.17, 15) is 14.4 Å². The van der Waals surface area contributed by atoms with Crippen LogP contribution < -0.4 is 10.2 Å². The van der Waals surface area contributed by atoms with Crippen molar-refractivity contribution >= 4 is 29.0 Å². The number of benzene rings is 3. The van der Waals surface area contributed by atoms with Crippen molar-refractivity contribution < 1.29 is 14.4 Å². The second-order valence-electron chi connectivity index (χ2n) is 8.50. The number of nitrogens with one attached hydrogen (secondary N) is 1. The first-order chi connectivity index (χ1) is 17.5. The van der Waals surface area contributed by atoms with Crippen molar-refractivity contribution in [3.05, 3.63) is 113 Å². The summed E-state index contributed by atoms with van der Waals surface area (Å²) in [6.45, 7) is 2.31. The zero-order valence-corrected chi connectivity index (χ0v) is 19.4. The summed E-state index contributed by atoms with van der Waals surface area (Å²) in [4.78, 5) is 41.0. The lowest BCUT2D eigenvalue weighted by Gasteiger charge is -2.34. The van der Waals surface area contributed by atoms with Gasteiger partial charge in [0, 0.05) is 22.5 Å². The van der Waals surface area contributed by atoms with Gasteiger partial charge in [-0.25, -0.2) is 0 Å². The maximum absolute atomic E-state index is 13.6. The molecule has 0 radical (unpaired) electrons. The van der Waals surface area contributed by atoms with E-state index in [1.807, 2.05) is 31.2 Å². The molecular weight excluding hydrogens is 454 g/mol. The van der Waals surface area contributed by atoms with Crippen molar-refractivity contribution in [2.45, 2.75) is 19.5 Å². The number of nitrogens with zero attached hydrogens (tertiary/aromatic N) is 4. The number of ketones is 1. The summed E-state index contributed by atoms with van der Waals surface area (Å²) >= 11 is 0. The minimum Gasteiger partial charge on any atom is -0.322 e. The smallest absolute Gasteiger partial charge is 0.277 e. The Hall–Kier alpha value is -5.03. The molecule has 0 saturated heterocycles. The molecule has 1 aromatic heterocycles. The van der Waals surface area contributed by atoms with E-state index in [1.165, 1.54) is 10.9 Å². The Balaban J connectivity index is 1.41. The number of hydrogen-bond donors (Lipinski definition) is 1. The summed E-state index contributed by atoms with van der Waals surface area (Å²) < 4.78 is 1.54. The number of amides is 2. The number of rotatable bonds is 5. The van der Waals surface area contributed by atoms with Crippen molar-refractivity contribution in [2.75, 3.05) is 10.2 Å². The fourth-order valence-electron chi connectivity index (χ4n) is 4.33. The van der Waals surface area contributed by atoms with E-state index in [2.05, 4.69) is 10.4 Å². The van der Waals surface area contributed by atoms with E-state index in [-0.39, 0.29) is 29.0 Å².